The number of benzene rings is 1. The van der Waals surface area contributed by atoms with Gasteiger partial charge in [0.25, 0.3) is 5.91 Å². The van der Waals surface area contributed by atoms with Gasteiger partial charge in [-0.25, -0.2) is 9.97 Å². The second-order valence-electron chi connectivity index (χ2n) is 10.9. The van der Waals surface area contributed by atoms with Gasteiger partial charge in [-0.1, -0.05) is 6.92 Å². The quantitative estimate of drug-likeness (QED) is 0.415. The fourth-order valence-corrected chi connectivity index (χ4v) is 5.83. The van der Waals surface area contributed by atoms with E-state index in [0.717, 1.165) is 50.4 Å². The average Bonchev–Trinajstić information content (AvgIpc) is 2.94. The lowest BCUT2D eigenvalue weighted by molar-refractivity contribution is 0.0982. The molecule has 0 saturated carbocycles. The van der Waals surface area contributed by atoms with Crippen LogP contribution in [-0.2, 0) is 6.42 Å². The SMILES string of the molecule is CCc1nc(C(N)=O)c(Nc2ccc(N3CCC(N4CCN(C)CC4)CC3)cc2)nc1N[C@H]1CCCNC1. The molecule has 1 aromatic carbocycles. The Morgan fingerprint density at radius 2 is 1.76 bits per heavy atom. The van der Waals surface area contributed by atoms with E-state index in [0.29, 0.717) is 24.1 Å². The number of nitrogens with two attached hydrogens (primary N) is 1. The number of hydrogen-bond acceptors (Lipinski definition) is 9. The summed E-state index contributed by atoms with van der Waals surface area (Å²) in [5.74, 6) is 0.524. The van der Waals surface area contributed by atoms with Gasteiger partial charge < -0.3 is 31.5 Å². The third kappa shape index (κ3) is 6.36. The molecule has 10 nitrogen and oxygen atoms in total. The van der Waals surface area contributed by atoms with Crippen molar-refractivity contribution in [2.45, 2.75) is 51.1 Å². The van der Waals surface area contributed by atoms with Gasteiger partial charge in [0.1, 0.15) is 0 Å². The molecule has 1 aromatic heterocycles. The van der Waals surface area contributed by atoms with Crippen molar-refractivity contribution in [1.82, 2.24) is 25.1 Å². The van der Waals surface area contributed by atoms with Crippen LogP contribution in [0.4, 0.5) is 23.0 Å². The maximum absolute atomic E-state index is 12.2. The molecule has 1 amide bonds. The van der Waals surface area contributed by atoms with Gasteiger partial charge in [0, 0.05) is 69.3 Å². The highest BCUT2D eigenvalue weighted by atomic mass is 16.1. The highest BCUT2D eigenvalue weighted by Gasteiger charge is 2.27. The number of amides is 1. The molecular weight excluding hydrogens is 478 g/mol. The second kappa shape index (κ2) is 12.3. The third-order valence-electron chi connectivity index (χ3n) is 8.19. The van der Waals surface area contributed by atoms with Gasteiger partial charge in [-0.05, 0) is 70.0 Å². The molecule has 3 fully saturated rings. The van der Waals surface area contributed by atoms with Crippen molar-refractivity contribution in [2.24, 2.45) is 5.73 Å². The van der Waals surface area contributed by atoms with Crippen LogP contribution >= 0.6 is 0 Å². The van der Waals surface area contributed by atoms with Crippen molar-refractivity contribution in [3.05, 3.63) is 35.7 Å². The minimum Gasteiger partial charge on any atom is -0.371 e. The fraction of sp³-hybridized carbons (Fsp3) is 0.607. The normalized spacial score (nSPS) is 21.8. The number of aryl methyl sites for hydroxylation is 1. The Morgan fingerprint density at radius 1 is 1.03 bits per heavy atom. The monoisotopic (exact) mass is 521 g/mol. The summed E-state index contributed by atoms with van der Waals surface area (Å²) in [5.41, 5.74) is 8.70. The Bertz CT molecular complexity index is 1070. The van der Waals surface area contributed by atoms with Gasteiger partial charge in [0.05, 0.1) is 5.69 Å². The van der Waals surface area contributed by atoms with Gasteiger partial charge in [0.2, 0.25) is 0 Å². The van der Waals surface area contributed by atoms with Gasteiger partial charge in [-0.2, -0.15) is 0 Å². The Hall–Kier alpha value is -2.95. The molecule has 206 valence electrons. The molecule has 5 rings (SSSR count). The van der Waals surface area contributed by atoms with Crippen LogP contribution in [0.1, 0.15) is 48.8 Å². The van der Waals surface area contributed by atoms with Crippen molar-refractivity contribution in [1.29, 1.82) is 0 Å². The summed E-state index contributed by atoms with van der Waals surface area (Å²) >= 11 is 0. The van der Waals surface area contributed by atoms with Crippen molar-refractivity contribution in [3.63, 3.8) is 0 Å². The maximum atomic E-state index is 12.2. The number of piperidine rings is 2. The largest absolute Gasteiger partial charge is 0.371 e. The highest BCUT2D eigenvalue weighted by molar-refractivity contribution is 5.96. The molecule has 3 aliphatic rings. The summed E-state index contributed by atoms with van der Waals surface area (Å²) in [6.07, 6.45) is 5.27. The van der Waals surface area contributed by atoms with Crippen LogP contribution in [0.2, 0.25) is 0 Å². The van der Waals surface area contributed by atoms with Crippen LogP contribution in [-0.4, -0.2) is 97.2 Å². The fourth-order valence-electron chi connectivity index (χ4n) is 5.83. The maximum Gasteiger partial charge on any atom is 0.271 e. The lowest BCUT2D eigenvalue weighted by Gasteiger charge is -2.42. The Kier molecular flexibility index (Phi) is 8.61. The number of nitrogens with zero attached hydrogens (tertiary/aromatic N) is 5. The lowest BCUT2D eigenvalue weighted by atomic mass is 10.0. The molecule has 3 saturated heterocycles. The number of likely N-dealkylation sites (N-methyl/N-ethyl adjacent to an activating group) is 1. The van der Waals surface area contributed by atoms with Crippen LogP contribution in [0.25, 0.3) is 0 Å². The van der Waals surface area contributed by atoms with Crippen molar-refractivity contribution < 1.29 is 4.79 Å². The number of anilines is 4. The Morgan fingerprint density at radius 3 is 2.39 bits per heavy atom. The van der Waals surface area contributed by atoms with E-state index in [4.69, 9.17) is 10.7 Å². The smallest absolute Gasteiger partial charge is 0.271 e. The number of rotatable bonds is 8. The van der Waals surface area contributed by atoms with Crippen LogP contribution in [0.3, 0.4) is 0 Å². The number of piperazine rings is 1. The van der Waals surface area contributed by atoms with Gasteiger partial charge in [-0.3, -0.25) is 9.69 Å². The number of carbonyl (C=O) groups excluding carboxylic acids is 1. The van der Waals surface area contributed by atoms with E-state index in [1.165, 1.54) is 44.7 Å². The number of hydrogen-bond donors (Lipinski definition) is 4. The molecule has 0 unspecified atom stereocenters. The number of nitrogens with one attached hydrogen (secondary N) is 3. The molecular formula is C28H43N9O. The minimum atomic E-state index is -0.583. The third-order valence-corrected chi connectivity index (χ3v) is 8.19. The lowest BCUT2D eigenvalue weighted by Crippen LogP contribution is -2.52. The van der Waals surface area contributed by atoms with Crippen LogP contribution < -0.4 is 26.6 Å². The summed E-state index contributed by atoms with van der Waals surface area (Å²) in [6.45, 7) is 10.8. The summed E-state index contributed by atoms with van der Waals surface area (Å²) in [4.78, 5) is 29.2. The standard InChI is InChI=1S/C28H43N9O/c1-3-24-27(32-21-5-4-12-30-19-21)34-28(25(33-24)26(29)38)31-20-6-8-22(9-7-20)36-13-10-23(11-14-36)37-17-15-35(2)16-18-37/h6-9,21,23,30H,3-5,10-19H2,1-2H3,(H2,29,38)(H2,31,32,34)/t21-/m0/s1. The van der Waals surface area contributed by atoms with E-state index in [1.54, 1.807) is 0 Å². The number of primary amides is 1. The van der Waals surface area contributed by atoms with Crippen molar-refractivity contribution >= 4 is 28.9 Å². The summed E-state index contributed by atoms with van der Waals surface area (Å²) in [5, 5.41) is 10.3. The summed E-state index contributed by atoms with van der Waals surface area (Å²) < 4.78 is 0. The van der Waals surface area contributed by atoms with Gasteiger partial charge in [-0.15, -0.1) is 0 Å². The van der Waals surface area contributed by atoms with Crippen LogP contribution in [0.15, 0.2) is 24.3 Å². The number of carbonyl (C=O) groups is 1. The zero-order valence-electron chi connectivity index (χ0n) is 22.9. The number of aromatic nitrogens is 2. The predicted octanol–water partition coefficient (Wildman–Crippen LogP) is 2.26. The van der Waals surface area contributed by atoms with E-state index < -0.39 is 5.91 Å². The van der Waals surface area contributed by atoms with Crippen LogP contribution in [0.5, 0.6) is 0 Å². The van der Waals surface area contributed by atoms with Gasteiger partial charge >= 0.3 is 0 Å². The molecule has 0 bridgehead atoms. The average molecular weight is 522 g/mol. The van der Waals surface area contributed by atoms with E-state index in [-0.39, 0.29) is 11.7 Å². The molecule has 4 heterocycles. The molecule has 5 N–H and O–H groups in total. The van der Waals surface area contributed by atoms with Crippen molar-refractivity contribution in [2.75, 3.05) is 74.9 Å². The highest BCUT2D eigenvalue weighted by Crippen LogP contribution is 2.27. The molecule has 2 aromatic rings. The zero-order valence-corrected chi connectivity index (χ0v) is 22.9. The zero-order chi connectivity index (χ0) is 26.5. The van der Waals surface area contributed by atoms with E-state index >= 15 is 0 Å². The molecule has 38 heavy (non-hydrogen) atoms. The molecule has 0 aliphatic carbocycles. The van der Waals surface area contributed by atoms with E-state index in [9.17, 15) is 4.79 Å². The summed E-state index contributed by atoms with van der Waals surface area (Å²) in [7, 11) is 2.21. The second-order valence-corrected chi connectivity index (χ2v) is 10.9. The first-order valence-corrected chi connectivity index (χ1v) is 14.2. The molecule has 1 atom stereocenters. The van der Waals surface area contributed by atoms with Crippen LogP contribution in [0, 0.1) is 0 Å². The first-order valence-electron chi connectivity index (χ1n) is 14.2. The predicted molar refractivity (Wildman–Crippen MR) is 153 cm³/mol. The van der Waals surface area contributed by atoms with E-state index in [2.05, 4.69) is 54.8 Å². The minimum absolute atomic E-state index is 0.171. The van der Waals surface area contributed by atoms with Gasteiger partial charge in [0.15, 0.2) is 17.3 Å². The first-order chi connectivity index (χ1) is 18.5. The Labute approximate surface area is 226 Å². The topological polar surface area (TPSA) is 115 Å². The first kappa shape index (κ1) is 26.6. The Balaban J connectivity index is 1.24. The molecule has 3 aliphatic heterocycles. The van der Waals surface area contributed by atoms with Crippen molar-refractivity contribution in [3.8, 4) is 0 Å². The summed E-state index contributed by atoms with van der Waals surface area (Å²) in [6, 6.07) is 9.35. The van der Waals surface area contributed by atoms with E-state index in [1.807, 2.05) is 19.1 Å². The molecule has 0 radical (unpaired) electrons. The molecule has 10 heteroatoms. The molecule has 0 spiro atoms.